The number of nitrogens with zero attached hydrogens (tertiary/aromatic N) is 2. The summed E-state index contributed by atoms with van der Waals surface area (Å²) in [6.07, 6.45) is 2.10. The number of carbonyl (C=O) groups is 1. The summed E-state index contributed by atoms with van der Waals surface area (Å²) in [5.74, 6) is 2.20. The molecule has 1 saturated heterocycles. The van der Waals surface area contributed by atoms with Crippen LogP contribution in [-0.4, -0.2) is 40.5 Å². The van der Waals surface area contributed by atoms with Crippen LogP contribution in [0, 0.1) is 19.8 Å². The van der Waals surface area contributed by atoms with Crippen LogP contribution >= 0.6 is 0 Å². The minimum Gasteiger partial charge on any atom is -0.493 e. The molecule has 1 fully saturated rings. The molecular formula is C22H25N3O2. The number of aromatic nitrogens is 2. The molecule has 1 atom stereocenters. The van der Waals surface area contributed by atoms with Crippen molar-refractivity contribution in [3.8, 4) is 5.75 Å². The van der Waals surface area contributed by atoms with Crippen molar-refractivity contribution in [1.82, 2.24) is 14.9 Å². The average molecular weight is 363 g/mol. The van der Waals surface area contributed by atoms with Crippen LogP contribution in [0.1, 0.15) is 34.6 Å². The van der Waals surface area contributed by atoms with Crippen LogP contribution < -0.4 is 4.74 Å². The van der Waals surface area contributed by atoms with Gasteiger partial charge in [0.05, 0.1) is 17.6 Å². The van der Waals surface area contributed by atoms with E-state index in [0.717, 1.165) is 48.5 Å². The Morgan fingerprint density at radius 3 is 2.85 bits per heavy atom. The number of likely N-dealkylation sites (tertiary alicyclic amines) is 1. The lowest BCUT2D eigenvalue weighted by molar-refractivity contribution is 0.0633. The van der Waals surface area contributed by atoms with E-state index in [1.165, 1.54) is 5.56 Å². The predicted octanol–water partition coefficient (Wildman–Crippen LogP) is 4.11. The first kappa shape index (κ1) is 17.6. The molecule has 1 amide bonds. The number of H-pyrrole nitrogens is 1. The molecule has 5 nitrogen and oxygen atoms in total. The molecule has 0 radical (unpaired) electrons. The number of aromatic amines is 1. The van der Waals surface area contributed by atoms with E-state index < -0.39 is 0 Å². The number of aryl methyl sites for hydroxylation is 2. The van der Waals surface area contributed by atoms with Crippen LogP contribution in [0.3, 0.4) is 0 Å². The molecule has 1 aliphatic heterocycles. The first-order valence-electron chi connectivity index (χ1n) is 9.53. The van der Waals surface area contributed by atoms with Gasteiger partial charge in [0.2, 0.25) is 0 Å². The van der Waals surface area contributed by atoms with Crippen LogP contribution in [0.5, 0.6) is 5.75 Å². The molecule has 27 heavy (non-hydrogen) atoms. The first-order chi connectivity index (χ1) is 13.1. The Morgan fingerprint density at radius 2 is 2.04 bits per heavy atom. The van der Waals surface area contributed by atoms with E-state index in [1.54, 1.807) is 0 Å². The van der Waals surface area contributed by atoms with Crippen LogP contribution in [0.2, 0.25) is 0 Å². The van der Waals surface area contributed by atoms with E-state index in [4.69, 9.17) is 4.74 Å². The first-order valence-corrected chi connectivity index (χ1v) is 9.53. The van der Waals surface area contributed by atoms with Gasteiger partial charge in [-0.15, -0.1) is 0 Å². The highest BCUT2D eigenvalue weighted by molar-refractivity contribution is 5.97. The van der Waals surface area contributed by atoms with Gasteiger partial charge in [0.1, 0.15) is 11.6 Å². The molecule has 0 saturated carbocycles. The molecule has 3 aromatic rings. The van der Waals surface area contributed by atoms with E-state index >= 15 is 0 Å². The zero-order valence-corrected chi connectivity index (χ0v) is 15.9. The fourth-order valence-electron chi connectivity index (χ4n) is 3.69. The topological polar surface area (TPSA) is 58.2 Å². The molecule has 1 aliphatic rings. The van der Waals surface area contributed by atoms with Gasteiger partial charge >= 0.3 is 0 Å². The number of amides is 1. The third-order valence-electron chi connectivity index (χ3n) is 5.16. The van der Waals surface area contributed by atoms with Crippen LogP contribution in [0.25, 0.3) is 11.0 Å². The van der Waals surface area contributed by atoms with Crippen molar-refractivity contribution in [2.75, 3.05) is 19.7 Å². The molecule has 5 heteroatoms. The molecule has 1 N–H and O–H groups in total. The van der Waals surface area contributed by atoms with Gasteiger partial charge in [0.15, 0.2) is 0 Å². The van der Waals surface area contributed by atoms with Gasteiger partial charge in [-0.3, -0.25) is 4.79 Å². The normalized spacial score (nSPS) is 17.3. The third-order valence-corrected chi connectivity index (χ3v) is 5.16. The molecule has 1 aromatic heterocycles. The maximum absolute atomic E-state index is 13.0. The number of piperidine rings is 1. The molecule has 140 valence electrons. The smallest absolute Gasteiger partial charge is 0.253 e. The second kappa shape index (κ2) is 7.43. The van der Waals surface area contributed by atoms with Crippen molar-refractivity contribution >= 4 is 16.9 Å². The Balaban J connectivity index is 1.40. The van der Waals surface area contributed by atoms with Gasteiger partial charge in [0.25, 0.3) is 5.91 Å². The zero-order valence-electron chi connectivity index (χ0n) is 15.9. The summed E-state index contributed by atoms with van der Waals surface area (Å²) in [4.78, 5) is 22.5. The summed E-state index contributed by atoms with van der Waals surface area (Å²) in [7, 11) is 0. The van der Waals surface area contributed by atoms with Crippen LogP contribution in [0.15, 0.2) is 42.5 Å². The zero-order chi connectivity index (χ0) is 18.8. The lowest BCUT2D eigenvalue weighted by Crippen LogP contribution is -2.41. The maximum atomic E-state index is 13.0. The predicted molar refractivity (Wildman–Crippen MR) is 106 cm³/mol. The molecule has 2 aromatic carbocycles. The monoisotopic (exact) mass is 363 g/mol. The Hall–Kier alpha value is -2.82. The van der Waals surface area contributed by atoms with Gasteiger partial charge in [-0.1, -0.05) is 17.7 Å². The van der Waals surface area contributed by atoms with Crippen LogP contribution in [-0.2, 0) is 0 Å². The Bertz CT molecular complexity index is 946. The molecular weight excluding hydrogens is 338 g/mol. The number of imidazole rings is 1. The number of benzene rings is 2. The van der Waals surface area contributed by atoms with Crippen molar-refractivity contribution < 1.29 is 9.53 Å². The molecule has 0 unspecified atom stereocenters. The minimum absolute atomic E-state index is 0.0872. The highest BCUT2D eigenvalue weighted by atomic mass is 16.5. The number of nitrogens with one attached hydrogen (secondary N) is 1. The standard InChI is InChI=1S/C22H25N3O2/c1-15-5-8-19(9-6-15)27-14-17-4-3-11-25(13-17)22(26)18-7-10-20-21(12-18)24-16(2)23-20/h5-10,12,17H,3-4,11,13-14H2,1-2H3,(H,23,24)/t17-/m1/s1. The summed E-state index contributed by atoms with van der Waals surface area (Å²) < 4.78 is 5.94. The van der Waals surface area contributed by atoms with E-state index in [0.29, 0.717) is 18.1 Å². The molecule has 2 heterocycles. The van der Waals surface area contributed by atoms with Gasteiger partial charge in [0, 0.05) is 24.6 Å². The van der Waals surface area contributed by atoms with Crippen molar-refractivity contribution in [2.24, 2.45) is 5.92 Å². The van der Waals surface area contributed by atoms with Crippen LogP contribution in [0.4, 0.5) is 0 Å². The van der Waals surface area contributed by atoms with E-state index in [-0.39, 0.29) is 5.91 Å². The van der Waals surface area contributed by atoms with E-state index in [1.807, 2.05) is 42.2 Å². The van der Waals surface area contributed by atoms with Crippen molar-refractivity contribution in [3.63, 3.8) is 0 Å². The molecule has 4 rings (SSSR count). The van der Waals surface area contributed by atoms with E-state index in [2.05, 4.69) is 29.0 Å². The largest absolute Gasteiger partial charge is 0.493 e. The van der Waals surface area contributed by atoms with E-state index in [9.17, 15) is 4.79 Å². The lowest BCUT2D eigenvalue weighted by Gasteiger charge is -2.32. The summed E-state index contributed by atoms with van der Waals surface area (Å²) >= 11 is 0. The van der Waals surface area contributed by atoms with Gasteiger partial charge in [-0.2, -0.15) is 0 Å². The summed E-state index contributed by atoms with van der Waals surface area (Å²) in [6.45, 7) is 6.18. The fourth-order valence-corrected chi connectivity index (χ4v) is 3.69. The average Bonchev–Trinajstić information content (AvgIpc) is 3.06. The van der Waals surface area contributed by atoms with Gasteiger partial charge in [-0.05, 0) is 57.0 Å². The van der Waals surface area contributed by atoms with Crippen molar-refractivity contribution in [3.05, 3.63) is 59.4 Å². The SMILES string of the molecule is Cc1ccc(OC[C@@H]2CCCN(C(=O)c3ccc4nc(C)[nH]c4c3)C2)cc1. The number of hydrogen-bond acceptors (Lipinski definition) is 3. The molecule has 0 bridgehead atoms. The number of hydrogen-bond donors (Lipinski definition) is 1. The van der Waals surface area contributed by atoms with Gasteiger partial charge < -0.3 is 14.6 Å². The Morgan fingerprint density at radius 1 is 1.22 bits per heavy atom. The molecule has 0 aliphatic carbocycles. The number of fused-ring (bicyclic) bond motifs is 1. The lowest BCUT2D eigenvalue weighted by atomic mass is 9.98. The second-order valence-electron chi connectivity index (χ2n) is 7.44. The fraction of sp³-hybridized carbons (Fsp3) is 0.364. The second-order valence-corrected chi connectivity index (χ2v) is 7.44. The highest BCUT2D eigenvalue weighted by Gasteiger charge is 2.25. The summed E-state index contributed by atoms with van der Waals surface area (Å²) in [5.41, 5.74) is 3.74. The minimum atomic E-state index is 0.0872. The Kier molecular flexibility index (Phi) is 4.84. The third kappa shape index (κ3) is 3.97. The van der Waals surface area contributed by atoms with Crippen molar-refractivity contribution in [1.29, 1.82) is 0 Å². The number of ether oxygens (including phenoxy) is 1. The Labute approximate surface area is 159 Å². The summed E-state index contributed by atoms with van der Waals surface area (Å²) in [5, 5.41) is 0. The molecule has 0 spiro atoms. The maximum Gasteiger partial charge on any atom is 0.253 e. The summed E-state index contributed by atoms with van der Waals surface area (Å²) in [6, 6.07) is 13.8. The quantitative estimate of drug-likeness (QED) is 0.759. The number of rotatable bonds is 4. The highest BCUT2D eigenvalue weighted by Crippen LogP contribution is 2.22. The van der Waals surface area contributed by atoms with Gasteiger partial charge in [-0.25, -0.2) is 4.98 Å². The van der Waals surface area contributed by atoms with Crippen molar-refractivity contribution in [2.45, 2.75) is 26.7 Å². The number of carbonyl (C=O) groups excluding carboxylic acids is 1.